The minimum Gasteiger partial charge on any atom is -0.486 e. The molecule has 0 fully saturated rings. The summed E-state index contributed by atoms with van der Waals surface area (Å²) in [7, 11) is 0. The van der Waals surface area contributed by atoms with Crippen LogP contribution in [0.2, 0.25) is 0 Å². The fraction of sp³-hybridized carbons (Fsp3) is 0.143. The first-order valence-corrected chi connectivity index (χ1v) is 9.97. The van der Waals surface area contributed by atoms with Crippen molar-refractivity contribution in [2.24, 2.45) is 0 Å². The Balaban J connectivity index is 1.33. The zero-order chi connectivity index (χ0) is 20.9. The van der Waals surface area contributed by atoms with E-state index in [2.05, 4.69) is 20.4 Å². The fourth-order valence-corrected chi connectivity index (χ4v) is 3.67. The van der Waals surface area contributed by atoms with Crippen LogP contribution in [0, 0.1) is 12.7 Å². The molecule has 1 N–H and O–H groups in total. The molecule has 0 aliphatic carbocycles. The zero-order valence-corrected chi connectivity index (χ0v) is 16.9. The third kappa shape index (κ3) is 4.69. The summed E-state index contributed by atoms with van der Waals surface area (Å²) in [6.07, 6.45) is 3.10. The quantitative estimate of drug-likeness (QED) is 0.490. The molecule has 4 rings (SSSR count). The molecule has 0 aliphatic rings. The number of carbonyl (C=O) groups is 1. The number of ether oxygens (including phenoxy) is 1. The van der Waals surface area contributed by atoms with Crippen LogP contribution in [0.3, 0.4) is 0 Å². The Kier molecular flexibility index (Phi) is 5.80. The summed E-state index contributed by atoms with van der Waals surface area (Å²) < 4.78 is 20.2. The Morgan fingerprint density at radius 2 is 1.93 bits per heavy atom. The number of rotatable bonds is 7. The lowest BCUT2D eigenvalue weighted by Gasteiger charge is -2.06. The van der Waals surface area contributed by atoms with Gasteiger partial charge in [0, 0.05) is 6.54 Å². The van der Waals surface area contributed by atoms with Crippen molar-refractivity contribution in [1.29, 1.82) is 0 Å². The zero-order valence-electron chi connectivity index (χ0n) is 16.1. The van der Waals surface area contributed by atoms with Crippen LogP contribution in [0.25, 0.3) is 5.69 Å². The van der Waals surface area contributed by atoms with Gasteiger partial charge in [0.1, 0.15) is 40.7 Å². The topological polar surface area (TPSA) is 81.9 Å². The van der Waals surface area contributed by atoms with Crippen molar-refractivity contribution in [2.45, 2.75) is 20.1 Å². The summed E-state index contributed by atoms with van der Waals surface area (Å²) in [4.78, 5) is 21.4. The second kappa shape index (κ2) is 8.83. The number of amides is 1. The molecule has 1 amide bonds. The number of hydrogen-bond donors (Lipinski definition) is 1. The molecule has 9 heteroatoms. The van der Waals surface area contributed by atoms with E-state index in [-0.39, 0.29) is 18.3 Å². The van der Waals surface area contributed by atoms with E-state index in [1.807, 2.05) is 24.3 Å². The van der Waals surface area contributed by atoms with Gasteiger partial charge < -0.3 is 10.1 Å². The lowest BCUT2D eigenvalue weighted by atomic mass is 10.2. The number of aryl methyl sites for hydroxylation is 1. The third-order valence-corrected chi connectivity index (χ3v) is 5.43. The molecule has 2 heterocycles. The van der Waals surface area contributed by atoms with Gasteiger partial charge in [0.25, 0.3) is 5.91 Å². The normalized spacial score (nSPS) is 10.7. The van der Waals surface area contributed by atoms with Crippen molar-refractivity contribution in [3.8, 4) is 11.4 Å². The van der Waals surface area contributed by atoms with Crippen LogP contribution in [-0.2, 0) is 13.2 Å². The largest absolute Gasteiger partial charge is 0.486 e. The number of benzene rings is 2. The Labute approximate surface area is 176 Å². The molecule has 0 aliphatic heterocycles. The predicted octanol–water partition coefficient (Wildman–Crippen LogP) is 3.68. The second-order valence-electron chi connectivity index (χ2n) is 6.45. The Hall–Kier alpha value is -3.59. The van der Waals surface area contributed by atoms with Gasteiger partial charge in [-0.1, -0.05) is 12.1 Å². The van der Waals surface area contributed by atoms with E-state index in [0.717, 1.165) is 11.3 Å². The summed E-state index contributed by atoms with van der Waals surface area (Å²) in [6.45, 7) is 2.41. The molecule has 0 atom stereocenters. The van der Waals surface area contributed by atoms with Crippen LogP contribution in [0.15, 0.2) is 61.2 Å². The van der Waals surface area contributed by atoms with Crippen LogP contribution in [0.4, 0.5) is 4.39 Å². The van der Waals surface area contributed by atoms with Crippen LogP contribution in [0.1, 0.15) is 25.9 Å². The van der Waals surface area contributed by atoms with Crippen LogP contribution in [-0.4, -0.2) is 25.7 Å². The van der Waals surface area contributed by atoms with Gasteiger partial charge >= 0.3 is 0 Å². The number of halogens is 1. The number of aromatic nitrogens is 4. The third-order valence-electron chi connectivity index (χ3n) is 4.30. The van der Waals surface area contributed by atoms with Gasteiger partial charge in [-0.3, -0.25) is 4.79 Å². The lowest BCUT2D eigenvalue weighted by molar-refractivity contribution is 0.0954. The van der Waals surface area contributed by atoms with E-state index < -0.39 is 0 Å². The molecule has 0 saturated carbocycles. The van der Waals surface area contributed by atoms with Gasteiger partial charge in [-0.15, -0.1) is 11.3 Å². The van der Waals surface area contributed by atoms with Gasteiger partial charge in [0.2, 0.25) is 0 Å². The first-order valence-electron chi connectivity index (χ1n) is 9.15. The molecule has 152 valence electrons. The maximum absolute atomic E-state index is 13.0. The monoisotopic (exact) mass is 423 g/mol. The van der Waals surface area contributed by atoms with E-state index in [1.54, 1.807) is 30.1 Å². The van der Waals surface area contributed by atoms with E-state index in [0.29, 0.717) is 27.9 Å². The second-order valence-corrected chi connectivity index (χ2v) is 7.54. The number of nitrogens with one attached hydrogen (secondary N) is 1. The van der Waals surface area contributed by atoms with Crippen LogP contribution in [0.5, 0.6) is 5.75 Å². The summed E-state index contributed by atoms with van der Waals surface area (Å²) in [5.41, 5.74) is 2.51. The molecule has 0 unspecified atom stereocenters. The van der Waals surface area contributed by atoms with Gasteiger partial charge in [0.15, 0.2) is 0 Å². The molecule has 0 bridgehead atoms. The van der Waals surface area contributed by atoms with Crippen molar-refractivity contribution < 1.29 is 13.9 Å². The highest BCUT2D eigenvalue weighted by Crippen LogP contribution is 2.21. The van der Waals surface area contributed by atoms with E-state index in [1.165, 1.54) is 29.8 Å². The number of hydrogen-bond acceptors (Lipinski definition) is 6. The number of nitrogens with zero attached hydrogens (tertiary/aromatic N) is 4. The molecule has 2 aromatic carbocycles. The highest BCUT2D eigenvalue weighted by molar-refractivity contribution is 7.13. The summed E-state index contributed by atoms with van der Waals surface area (Å²) in [5, 5.41) is 7.68. The first-order chi connectivity index (χ1) is 14.6. The minimum absolute atomic E-state index is 0.182. The number of carbonyl (C=O) groups excluding carboxylic acids is 1. The highest BCUT2D eigenvalue weighted by atomic mass is 32.1. The van der Waals surface area contributed by atoms with E-state index in [4.69, 9.17) is 4.74 Å². The molecular weight excluding hydrogens is 405 g/mol. The van der Waals surface area contributed by atoms with Crippen molar-refractivity contribution in [2.75, 3.05) is 0 Å². The Morgan fingerprint density at radius 1 is 1.17 bits per heavy atom. The molecule has 30 heavy (non-hydrogen) atoms. The van der Waals surface area contributed by atoms with Gasteiger partial charge in [-0.25, -0.2) is 19.0 Å². The maximum atomic E-state index is 13.0. The number of thiazole rings is 1. The average molecular weight is 423 g/mol. The molecule has 4 aromatic rings. The van der Waals surface area contributed by atoms with Crippen molar-refractivity contribution >= 4 is 17.2 Å². The van der Waals surface area contributed by atoms with Crippen molar-refractivity contribution in [3.63, 3.8) is 0 Å². The smallest absolute Gasteiger partial charge is 0.263 e. The van der Waals surface area contributed by atoms with Gasteiger partial charge in [-0.2, -0.15) is 5.10 Å². The molecular formula is C21H18FN5O2S. The summed E-state index contributed by atoms with van der Waals surface area (Å²) >= 11 is 1.29. The SMILES string of the molecule is Cc1nc(COc2ccc(F)cc2)sc1C(=O)NCc1ccc(-n2cncn2)cc1. The first kappa shape index (κ1) is 19.7. The summed E-state index contributed by atoms with van der Waals surface area (Å²) in [6, 6.07) is 13.5. The molecule has 2 aromatic heterocycles. The lowest BCUT2D eigenvalue weighted by Crippen LogP contribution is -2.22. The predicted molar refractivity (Wildman–Crippen MR) is 110 cm³/mol. The van der Waals surface area contributed by atoms with Crippen molar-refractivity contribution in [1.82, 2.24) is 25.1 Å². The van der Waals surface area contributed by atoms with Crippen LogP contribution < -0.4 is 10.1 Å². The van der Waals surface area contributed by atoms with Crippen LogP contribution >= 0.6 is 11.3 Å². The maximum Gasteiger partial charge on any atom is 0.263 e. The molecule has 0 spiro atoms. The summed E-state index contributed by atoms with van der Waals surface area (Å²) in [5.74, 6) is 0.0439. The van der Waals surface area contributed by atoms with Gasteiger partial charge in [0.05, 0.1) is 11.4 Å². The minimum atomic E-state index is -0.320. The van der Waals surface area contributed by atoms with Crippen molar-refractivity contribution in [3.05, 3.63) is 88.1 Å². The van der Waals surface area contributed by atoms with Gasteiger partial charge in [-0.05, 0) is 48.9 Å². The molecule has 7 nitrogen and oxygen atoms in total. The Bertz CT molecular complexity index is 1130. The average Bonchev–Trinajstić information content (AvgIpc) is 3.42. The molecule has 0 radical (unpaired) electrons. The highest BCUT2D eigenvalue weighted by Gasteiger charge is 2.15. The Morgan fingerprint density at radius 3 is 2.63 bits per heavy atom. The van der Waals surface area contributed by atoms with E-state index in [9.17, 15) is 9.18 Å². The molecule has 0 saturated heterocycles. The fourth-order valence-electron chi connectivity index (χ4n) is 2.77. The standard InChI is InChI=1S/C21H18FN5O2S/c1-14-20(30-19(26-14)11-29-18-8-4-16(22)5-9-18)21(28)24-10-15-2-6-17(7-3-15)27-13-23-12-25-27/h2-9,12-13H,10-11H2,1H3,(H,24,28). The van der Waals surface area contributed by atoms with E-state index >= 15 is 0 Å².